The van der Waals surface area contributed by atoms with E-state index < -0.39 is 0 Å². The van der Waals surface area contributed by atoms with Gasteiger partial charge in [-0.3, -0.25) is 9.59 Å². The lowest BCUT2D eigenvalue weighted by Gasteiger charge is -2.32. The molecule has 1 N–H and O–H groups in total. The molecule has 1 saturated heterocycles. The molecule has 1 aliphatic heterocycles. The van der Waals surface area contributed by atoms with Crippen LogP contribution in [0.3, 0.4) is 0 Å². The van der Waals surface area contributed by atoms with E-state index in [9.17, 15) is 9.59 Å². The van der Waals surface area contributed by atoms with E-state index in [0.29, 0.717) is 24.1 Å². The maximum Gasteiger partial charge on any atom is 0.253 e. The summed E-state index contributed by atoms with van der Waals surface area (Å²) in [5.41, 5.74) is 2.44. The van der Waals surface area contributed by atoms with Gasteiger partial charge in [-0.2, -0.15) is 0 Å². The maximum absolute atomic E-state index is 12.6. The minimum absolute atomic E-state index is 0.0467. The molecule has 0 aliphatic carbocycles. The van der Waals surface area contributed by atoms with Crippen molar-refractivity contribution in [3.8, 4) is 5.75 Å². The van der Waals surface area contributed by atoms with Gasteiger partial charge in [-0.25, -0.2) is 0 Å². The van der Waals surface area contributed by atoms with E-state index in [-0.39, 0.29) is 11.8 Å². The van der Waals surface area contributed by atoms with E-state index in [1.807, 2.05) is 29.2 Å². The number of benzene rings is 2. The standard InChI is InChI=1S/C22H27N3O3/c1-24-13-15-25(16-14-24)22(27)18-6-8-19(9-7-18)23-21(26)12-5-17-3-10-20(28-2)11-4-17/h3-4,6-11H,5,12-16H2,1-2H3,(H,23,26). The predicted octanol–water partition coefficient (Wildman–Crippen LogP) is 2.65. The summed E-state index contributed by atoms with van der Waals surface area (Å²) in [4.78, 5) is 28.8. The fraction of sp³-hybridized carbons (Fsp3) is 0.364. The molecule has 6 nitrogen and oxygen atoms in total. The number of ether oxygens (including phenoxy) is 1. The average molecular weight is 381 g/mol. The lowest BCUT2D eigenvalue weighted by molar-refractivity contribution is -0.116. The van der Waals surface area contributed by atoms with Gasteiger partial charge in [0.2, 0.25) is 5.91 Å². The summed E-state index contributed by atoms with van der Waals surface area (Å²) >= 11 is 0. The number of likely N-dealkylation sites (N-methyl/N-ethyl adjacent to an activating group) is 1. The highest BCUT2D eigenvalue weighted by molar-refractivity contribution is 5.96. The highest BCUT2D eigenvalue weighted by Crippen LogP contribution is 2.15. The predicted molar refractivity (Wildman–Crippen MR) is 110 cm³/mol. The zero-order chi connectivity index (χ0) is 19.9. The van der Waals surface area contributed by atoms with E-state index in [4.69, 9.17) is 4.74 Å². The van der Waals surface area contributed by atoms with Crippen LogP contribution in [0.15, 0.2) is 48.5 Å². The van der Waals surface area contributed by atoms with Crippen molar-refractivity contribution in [2.75, 3.05) is 45.7 Å². The van der Waals surface area contributed by atoms with E-state index >= 15 is 0 Å². The summed E-state index contributed by atoms with van der Waals surface area (Å²) in [6, 6.07) is 14.8. The van der Waals surface area contributed by atoms with Crippen LogP contribution in [-0.4, -0.2) is 62.0 Å². The Kier molecular flexibility index (Phi) is 6.66. The number of anilines is 1. The molecule has 0 atom stereocenters. The molecule has 6 heteroatoms. The first-order chi connectivity index (χ1) is 13.5. The molecular formula is C22H27N3O3. The summed E-state index contributed by atoms with van der Waals surface area (Å²) < 4.78 is 5.14. The number of piperazine rings is 1. The first-order valence-electron chi connectivity index (χ1n) is 9.56. The Hall–Kier alpha value is -2.86. The van der Waals surface area contributed by atoms with Crippen LogP contribution in [0.5, 0.6) is 5.75 Å². The number of carbonyl (C=O) groups is 2. The molecule has 1 heterocycles. The van der Waals surface area contributed by atoms with Crippen LogP contribution in [0.1, 0.15) is 22.3 Å². The lowest BCUT2D eigenvalue weighted by Crippen LogP contribution is -2.47. The van der Waals surface area contributed by atoms with Crippen LogP contribution in [0.4, 0.5) is 5.69 Å². The van der Waals surface area contributed by atoms with Gasteiger partial charge in [0.15, 0.2) is 0 Å². The number of rotatable bonds is 6. The zero-order valence-electron chi connectivity index (χ0n) is 16.5. The van der Waals surface area contributed by atoms with Crippen LogP contribution in [-0.2, 0) is 11.2 Å². The Morgan fingerprint density at radius 2 is 1.61 bits per heavy atom. The zero-order valence-corrected chi connectivity index (χ0v) is 16.5. The van der Waals surface area contributed by atoms with Gasteiger partial charge in [-0.1, -0.05) is 12.1 Å². The number of carbonyl (C=O) groups excluding carboxylic acids is 2. The van der Waals surface area contributed by atoms with Crippen molar-refractivity contribution in [3.63, 3.8) is 0 Å². The van der Waals surface area contributed by atoms with Gasteiger partial charge in [-0.15, -0.1) is 0 Å². The molecule has 2 aromatic carbocycles. The second-order valence-corrected chi connectivity index (χ2v) is 7.07. The van der Waals surface area contributed by atoms with Crippen molar-refractivity contribution in [2.24, 2.45) is 0 Å². The molecule has 0 spiro atoms. The van der Waals surface area contributed by atoms with Gasteiger partial charge < -0.3 is 19.9 Å². The number of amides is 2. The van der Waals surface area contributed by atoms with Crippen molar-refractivity contribution in [1.29, 1.82) is 0 Å². The topological polar surface area (TPSA) is 61.9 Å². The normalized spacial score (nSPS) is 14.6. The second kappa shape index (κ2) is 9.37. The van der Waals surface area contributed by atoms with Crippen molar-refractivity contribution < 1.29 is 14.3 Å². The number of methoxy groups -OCH3 is 1. The second-order valence-electron chi connectivity index (χ2n) is 7.07. The Labute approximate surface area is 166 Å². The van der Waals surface area contributed by atoms with Crippen molar-refractivity contribution in [1.82, 2.24) is 9.80 Å². The highest BCUT2D eigenvalue weighted by Gasteiger charge is 2.20. The summed E-state index contributed by atoms with van der Waals surface area (Å²) in [5, 5.41) is 2.89. The molecule has 3 rings (SSSR count). The van der Waals surface area contributed by atoms with E-state index in [1.165, 1.54) is 0 Å². The summed E-state index contributed by atoms with van der Waals surface area (Å²) in [6.45, 7) is 3.29. The Morgan fingerprint density at radius 3 is 2.21 bits per heavy atom. The maximum atomic E-state index is 12.6. The first kappa shape index (κ1) is 19.9. The monoisotopic (exact) mass is 381 g/mol. The average Bonchev–Trinajstić information content (AvgIpc) is 2.73. The van der Waals surface area contributed by atoms with Crippen molar-refractivity contribution >= 4 is 17.5 Å². The third kappa shape index (κ3) is 5.33. The molecule has 0 bridgehead atoms. The minimum atomic E-state index is -0.0473. The van der Waals surface area contributed by atoms with Crippen LogP contribution >= 0.6 is 0 Å². The van der Waals surface area contributed by atoms with Gasteiger partial charge in [0, 0.05) is 43.9 Å². The van der Waals surface area contributed by atoms with Crippen LogP contribution in [0, 0.1) is 0 Å². The minimum Gasteiger partial charge on any atom is -0.497 e. The van der Waals surface area contributed by atoms with Crippen LogP contribution in [0.25, 0.3) is 0 Å². The molecule has 28 heavy (non-hydrogen) atoms. The first-order valence-corrected chi connectivity index (χ1v) is 9.56. The van der Waals surface area contributed by atoms with Gasteiger partial charge >= 0.3 is 0 Å². The number of hydrogen-bond acceptors (Lipinski definition) is 4. The Morgan fingerprint density at radius 1 is 0.964 bits per heavy atom. The molecule has 0 aromatic heterocycles. The fourth-order valence-electron chi connectivity index (χ4n) is 3.16. The summed E-state index contributed by atoms with van der Waals surface area (Å²) in [6.07, 6.45) is 1.06. The highest BCUT2D eigenvalue weighted by atomic mass is 16.5. The summed E-state index contributed by atoms with van der Waals surface area (Å²) in [7, 11) is 3.69. The smallest absolute Gasteiger partial charge is 0.253 e. The summed E-state index contributed by atoms with van der Waals surface area (Å²) in [5.74, 6) is 0.804. The molecule has 1 fully saturated rings. The SMILES string of the molecule is COc1ccc(CCC(=O)Nc2ccc(C(=O)N3CCN(C)CC3)cc2)cc1. The van der Waals surface area contributed by atoms with E-state index in [1.54, 1.807) is 31.4 Å². The third-order valence-corrected chi connectivity index (χ3v) is 5.01. The molecule has 0 radical (unpaired) electrons. The fourth-order valence-corrected chi connectivity index (χ4v) is 3.16. The van der Waals surface area contributed by atoms with Gasteiger partial charge in [0.05, 0.1) is 7.11 Å². The number of nitrogens with zero attached hydrogens (tertiary/aromatic N) is 2. The number of aryl methyl sites for hydroxylation is 1. The molecule has 0 unspecified atom stereocenters. The van der Waals surface area contributed by atoms with Crippen molar-refractivity contribution in [2.45, 2.75) is 12.8 Å². The molecule has 1 aliphatic rings. The van der Waals surface area contributed by atoms with Gasteiger partial charge in [0.1, 0.15) is 5.75 Å². The van der Waals surface area contributed by atoms with Crippen LogP contribution < -0.4 is 10.1 Å². The lowest BCUT2D eigenvalue weighted by atomic mass is 10.1. The number of hydrogen-bond donors (Lipinski definition) is 1. The molecule has 2 amide bonds. The molecule has 148 valence electrons. The molecule has 2 aromatic rings. The molecular weight excluding hydrogens is 354 g/mol. The number of nitrogens with one attached hydrogen (secondary N) is 1. The van der Waals surface area contributed by atoms with E-state index in [2.05, 4.69) is 17.3 Å². The Balaban J connectivity index is 1.49. The van der Waals surface area contributed by atoms with Gasteiger partial charge in [-0.05, 0) is 55.4 Å². The molecule has 0 saturated carbocycles. The Bertz CT molecular complexity index is 795. The third-order valence-electron chi connectivity index (χ3n) is 5.01. The van der Waals surface area contributed by atoms with Crippen molar-refractivity contribution in [3.05, 3.63) is 59.7 Å². The van der Waals surface area contributed by atoms with E-state index in [0.717, 1.165) is 37.5 Å². The van der Waals surface area contributed by atoms with Gasteiger partial charge in [0.25, 0.3) is 5.91 Å². The largest absolute Gasteiger partial charge is 0.497 e. The van der Waals surface area contributed by atoms with Crippen LogP contribution in [0.2, 0.25) is 0 Å². The quantitative estimate of drug-likeness (QED) is 0.836.